The van der Waals surface area contributed by atoms with Crippen molar-refractivity contribution < 1.29 is 14.3 Å². The quantitative estimate of drug-likeness (QED) is 0.755. The van der Waals surface area contributed by atoms with Crippen molar-refractivity contribution in [2.24, 2.45) is 7.05 Å². The molecule has 2 aliphatic heterocycles. The van der Waals surface area contributed by atoms with Gasteiger partial charge in [0, 0.05) is 31.2 Å². The van der Waals surface area contributed by atoms with Gasteiger partial charge in [-0.15, -0.1) is 0 Å². The van der Waals surface area contributed by atoms with Gasteiger partial charge in [0.25, 0.3) is 5.91 Å². The molecular weight excluding hydrogens is 344 g/mol. The van der Waals surface area contributed by atoms with Gasteiger partial charge in [-0.05, 0) is 60.3 Å². The summed E-state index contributed by atoms with van der Waals surface area (Å²) in [6, 6.07) is 0.474. The Balaban J connectivity index is 1.82. The van der Waals surface area contributed by atoms with Crippen LogP contribution in [0.5, 0.6) is 0 Å². The van der Waals surface area contributed by atoms with Gasteiger partial charge in [-0.3, -0.25) is 9.48 Å². The van der Waals surface area contributed by atoms with Crippen molar-refractivity contribution in [2.45, 2.75) is 84.5 Å². The zero-order valence-electron chi connectivity index (χ0n) is 17.4. The summed E-state index contributed by atoms with van der Waals surface area (Å²) in [5.74, 6) is 0.0252. The molecule has 2 amide bonds. The number of hydrogen-bond acceptors (Lipinski definition) is 4. The highest BCUT2D eigenvalue weighted by Crippen LogP contribution is 2.28. The van der Waals surface area contributed by atoms with Crippen molar-refractivity contribution in [2.75, 3.05) is 6.54 Å². The number of rotatable bonds is 1. The molecule has 7 heteroatoms. The maximum Gasteiger partial charge on any atom is 0.410 e. The molecule has 0 aromatic carbocycles. The number of ether oxygens (including phenoxy) is 1. The molecule has 2 unspecified atom stereocenters. The van der Waals surface area contributed by atoms with E-state index in [0.29, 0.717) is 25.2 Å². The molecule has 3 heterocycles. The van der Waals surface area contributed by atoms with Gasteiger partial charge in [0.05, 0.1) is 12.2 Å². The normalized spacial score (nSPS) is 23.2. The second-order valence-electron chi connectivity index (χ2n) is 8.89. The lowest BCUT2D eigenvalue weighted by atomic mass is 9.96. The van der Waals surface area contributed by atoms with E-state index in [9.17, 15) is 9.59 Å². The molecule has 0 aliphatic carbocycles. The number of aryl methyl sites for hydroxylation is 1. The molecule has 0 N–H and O–H groups in total. The summed E-state index contributed by atoms with van der Waals surface area (Å²) in [5, 5.41) is 4.55. The van der Waals surface area contributed by atoms with Crippen LogP contribution in [-0.2, 0) is 24.8 Å². The van der Waals surface area contributed by atoms with Crippen molar-refractivity contribution >= 4 is 12.0 Å². The number of carbonyl (C=O) groups is 2. The Hall–Kier alpha value is -2.05. The number of nitrogens with zero attached hydrogens (tertiary/aromatic N) is 4. The van der Waals surface area contributed by atoms with Gasteiger partial charge >= 0.3 is 6.09 Å². The molecule has 27 heavy (non-hydrogen) atoms. The Bertz CT molecular complexity index is 724. The number of amides is 2. The van der Waals surface area contributed by atoms with Crippen molar-refractivity contribution in [3.63, 3.8) is 0 Å². The maximum absolute atomic E-state index is 13.3. The molecule has 0 spiro atoms. The fourth-order valence-electron chi connectivity index (χ4n) is 4.17. The monoisotopic (exact) mass is 376 g/mol. The summed E-state index contributed by atoms with van der Waals surface area (Å²) in [5.41, 5.74) is 1.93. The number of likely N-dealkylation sites (tertiary alicyclic amines) is 1. The van der Waals surface area contributed by atoms with E-state index in [2.05, 4.69) is 18.9 Å². The van der Waals surface area contributed by atoms with E-state index in [1.165, 1.54) is 0 Å². The Morgan fingerprint density at radius 3 is 2.37 bits per heavy atom. The third-order valence-electron chi connectivity index (χ3n) is 5.53. The van der Waals surface area contributed by atoms with Crippen LogP contribution in [0.2, 0.25) is 0 Å². The molecule has 150 valence electrons. The average molecular weight is 377 g/mol. The van der Waals surface area contributed by atoms with Gasteiger partial charge in [-0.2, -0.15) is 5.10 Å². The molecule has 1 aromatic rings. The van der Waals surface area contributed by atoms with Crippen LogP contribution in [0, 0.1) is 0 Å². The molecule has 7 nitrogen and oxygen atoms in total. The van der Waals surface area contributed by atoms with Gasteiger partial charge in [-0.25, -0.2) is 4.79 Å². The molecular formula is C20H32N4O3. The summed E-state index contributed by atoms with van der Waals surface area (Å²) in [4.78, 5) is 29.3. The highest BCUT2D eigenvalue weighted by atomic mass is 16.6. The number of carbonyl (C=O) groups excluding carboxylic acids is 2. The minimum absolute atomic E-state index is 0.0252. The Morgan fingerprint density at radius 2 is 1.78 bits per heavy atom. The molecule has 2 atom stereocenters. The second-order valence-corrected chi connectivity index (χ2v) is 8.89. The smallest absolute Gasteiger partial charge is 0.410 e. The van der Waals surface area contributed by atoms with Crippen molar-refractivity contribution in [1.82, 2.24) is 19.6 Å². The third kappa shape index (κ3) is 3.96. The van der Waals surface area contributed by atoms with Gasteiger partial charge in [0.1, 0.15) is 5.60 Å². The highest BCUT2D eigenvalue weighted by Gasteiger charge is 2.36. The fraction of sp³-hybridized carbons (Fsp3) is 0.750. The number of fused-ring (bicyclic) bond motifs is 1. The first-order valence-corrected chi connectivity index (χ1v) is 9.94. The van der Waals surface area contributed by atoms with Gasteiger partial charge < -0.3 is 14.5 Å². The largest absolute Gasteiger partial charge is 0.444 e. The molecule has 1 fully saturated rings. The van der Waals surface area contributed by atoms with E-state index in [4.69, 9.17) is 4.74 Å². The first kappa shape index (κ1) is 19.7. The van der Waals surface area contributed by atoms with Crippen LogP contribution in [0.4, 0.5) is 4.79 Å². The maximum atomic E-state index is 13.3. The van der Waals surface area contributed by atoms with Crippen molar-refractivity contribution in [3.05, 3.63) is 17.0 Å². The predicted molar refractivity (Wildman–Crippen MR) is 103 cm³/mol. The molecule has 3 rings (SSSR count). The lowest BCUT2D eigenvalue weighted by molar-refractivity contribution is 0.0219. The zero-order chi connectivity index (χ0) is 19.9. The summed E-state index contributed by atoms with van der Waals surface area (Å²) >= 11 is 0. The van der Waals surface area contributed by atoms with E-state index >= 15 is 0 Å². The number of piperidine rings is 1. The third-order valence-corrected chi connectivity index (χ3v) is 5.53. The molecule has 0 bridgehead atoms. The molecule has 0 radical (unpaired) electrons. The SMILES string of the molecule is CC1CCCC(C)N1C(=O)c1nn(C)c2c1CCN(C(=O)OC(C)(C)C)C2. The van der Waals surface area contributed by atoms with Crippen LogP contribution in [-0.4, -0.2) is 55.8 Å². The Labute approximate surface area is 161 Å². The lowest BCUT2D eigenvalue weighted by Crippen LogP contribution is -2.48. The minimum atomic E-state index is -0.522. The first-order chi connectivity index (χ1) is 12.6. The summed E-state index contributed by atoms with van der Waals surface area (Å²) < 4.78 is 7.24. The van der Waals surface area contributed by atoms with Crippen LogP contribution in [0.25, 0.3) is 0 Å². The summed E-state index contributed by atoms with van der Waals surface area (Å²) in [7, 11) is 1.84. The Morgan fingerprint density at radius 1 is 1.15 bits per heavy atom. The molecule has 1 aromatic heterocycles. The topological polar surface area (TPSA) is 67.7 Å². The van der Waals surface area contributed by atoms with Crippen LogP contribution < -0.4 is 0 Å². The Kier molecular flexibility index (Phi) is 5.23. The zero-order valence-corrected chi connectivity index (χ0v) is 17.4. The van der Waals surface area contributed by atoms with E-state index in [1.807, 2.05) is 32.7 Å². The second kappa shape index (κ2) is 7.17. The first-order valence-electron chi connectivity index (χ1n) is 9.94. The van der Waals surface area contributed by atoms with Gasteiger partial charge in [-0.1, -0.05) is 0 Å². The summed E-state index contributed by atoms with van der Waals surface area (Å²) in [6.07, 6.45) is 3.55. The van der Waals surface area contributed by atoms with E-state index in [1.54, 1.807) is 9.58 Å². The molecule has 2 aliphatic rings. The highest BCUT2D eigenvalue weighted by molar-refractivity contribution is 5.94. The van der Waals surface area contributed by atoms with Crippen LogP contribution in [0.15, 0.2) is 0 Å². The van der Waals surface area contributed by atoms with Crippen molar-refractivity contribution in [3.8, 4) is 0 Å². The van der Waals surface area contributed by atoms with Crippen LogP contribution in [0.3, 0.4) is 0 Å². The van der Waals surface area contributed by atoms with E-state index < -0.39 is 5.60 Å². The van der Waals surface area contributed by atoms with E-state index in [-0.39, 0.29) is 24.1 Å². The number of aromatic nitrogens is 2. The summed E-state index contributed by atoms with van der Waals surface area (Å²) in [6.45, 7) is 10.8. The molecule has 0 saturated carbocycles. The van der Waals surface area contributed by atoms with Crippen LogP contribution >= 0.6 is 0 Å². The number of hydrogen-bond donors (Lipinski definition) is 0. The van der Waals surface area contributed by atoms with Crippen molar-refractivity contribution in [1.29, 1.82) is 0 Å². The van der Waals surface area contributed by atoms with Gasteiger partial charge in [0.2, 0.25) is 0 Å². The molecule has 1 saturated heterocycles. The predicted octanol–water partition coefficient (Wildman–Crippen LogP) is 3.12. The van der Waals surface area contributed by atoms with Crippen LogP contribution in [0.1, 0.15) is 75.6 Å². The lowest BCUT2D eigenvalue weighted by Gasteiger charge is -2.39. The average Bonchev–Trinajstić information content (AvgIpc) is 2.89. The van der Waals surface area contributed by atoms with Gasteiger partial charge in [0.15, 0.2) is 5.69 Å². The fourth-order valence-corrected chi connectivity index (χ4v) is 4.17. The minimum Gasteiger partial charge on any atom is -0.444 e. The standard InChI is InChI=1S/C20H32N4O3/c1-13-8-7-9-14(2)24(13)18(25)17-15-10-11-23(12-16(15)22(6)21-17)19(26)27-20(3,4)5/h13-14H,7-12H2,1-6H3. The van der Waals surface area contributed by atoms with E-state index in [0.717, 1.165) is 30.5 Å².